The van der Waals surface area contributed by atoms with E-state index in [-0.39, 0.29) is 23.1 Å². The van der Waals surface area contributed by atoms with Gasteiger partial charge in [-0.2, -0.15) is 10.2 Å². The summed E-state index contributed by atoms with van der Waals surface area (Å²) in [5, 5.41) is 22.9. The maximum Gasteiger partial charge on any atom is 0.258 e. The third kappa shape index (κ3) is 4.13. The Hall–Kier alpha value is -3.75. The third-order valence-electron chi connectivity index (χ3n) is 6.15. The minimum absolute atomic E-state index is 0.0977. The van der Waals surface area contributed by atoms with Gasteiger partial charge in [-0.3, -0.25) is 4.79 Å². The summed E-state index contributed by atoms with van der Waals surface area (Å²) in [6.45, 7) is 1.22. The fraction of sp³-hybridized carbons (Fsp3) is 0.304. The fourth-order valence-corrected chi connectivity index (χ4v) is 5.54. The smallest absolute Gasteiger partial charge is 0.258 e. The van der Waals surface area contributed by atoms with E-state index in [0.29, 0.717) is 37.3 Å². The predicted octanol–water partition coefficient (Wildman–Crippen LogP) is 2.12. The van der Waals surface area contributed by atoms with E-state index in [4.69, 9.17) is 9.78 Å². The number of likely N-dealkylation sites (tertiary alicyclic amines) is 1. The van der Waals surface area contributed by atoms with Gasteiger partial charge < -0.3 is 14.5 Å². The van der Waals surface area contributed by atoms with Gasteiger partial charge >= 0.3 is 0 Å². The molecular formula is C23H21N5O5S. The molecule has 2 aromatic carbocycles. The van der Waals surface area contributed by atoms with Crippen LogP contribution in [0.5, 0.6) is 5.75 Å². The summed E-state index contributed by atoms with van der Waals surface area (Å²) in [5.74, 6) is -0.520. The standard InChI is InChI=1S/C23H21N5O5S/c24-12-15-11-14(5-8-20(15)29)23-25-22(26-33-23)18-4-1-3-17-16(18)6-7-19(17)27-34(31,32)13-21(30)28-9-2-10-28/h1,3-5,8,11,19,27,29H,2,6-7,9-10,13H2/t19-/m0/s1. The van der Waals surface area contributed by atoms with Crippen LogP contribution in [-0.2, 0) is 21.2 Å². The van der Waals surface area contributed by atoms with E-state index in [1.807, 2.05) is 18.2 Å². The zero-order valence-corrected chi connectivity index (χ0v) is 18.9. The van der Waals surface area contributed by atoms with Crippen LogP contribution in [-0.4, -0.2) is 53.3 Å². The first-order valence-electron chi connectivity index (χ1n) is 10.8. The number of aromatic nitrogens is 2. The number of carbonyl (C=O) groups is 1. The fourth-order valence-electron chi connectivity index (χ4n) is 4.27. The van der Waals surface area contributed by atoms with Crippen molar-refractivity contribution in [3.63, 3.8) is 0 Å². The summed E-state index contributed by atoms with van der Waals surface area (Å²) in [7, 11) is -3.79. The van der Waals surface area contributed by atoms with Gasteiger partial charge in [0.2, 0.25) is 21.8 Å². The molecule has 174 valence electrons. The highest BCUT2D eigenvalue weighted by molar-refractivity contribution is 7.90. The van der Waals surface area contributed by atoms with E-state index >= 15 is 0 Å². The average molecular weight is 480 g/mol. The Morgan fingerprint density at radius 3 is 2.85 bits per heavy atom. The van der Waals surface area contributed by atoms with Gasteiger partial charge in [-0.15, -0.1) is 0 Å². The number of sulfonamides is 1. The molecule has 2 N–H and O–H groups in total. The van der Waals surface area contributed by atoms with Crippen LogP contribution in [0.2, 0.25) is 0 Å². The first-order valence-corrected chi connectivity index (χ1v) is 12.5. The number of nitrogens with one attached hydrogen (secondary N) is 1. The molecule has 5 rings (SSSR count). The number of hydrogen-bond acceptors (Lipinski definition) is 8. The Kier molecular flexibility index (Phi) is 5.55. The molecule has 1 saturated heterocycles. The third-order valence-corrected chi connectivity index (χ3v) is 7.42. The Labute approximate surface area is 195 Å². The molecule has 2 aliphatic rings. The van der Waals surface area contributed by atoms with Crippen molar-refractivity contribution in [3.8, 4) is 34.7 Å². The van der Waals surface area contributed by atoms with Crippen LogP contribution in [0, 0.1) is 11.3 Å². The maximum atomic E-state index is 12.6. The van der Waals surface area contributed by atoms with Gasteiger partial charge in [0.25, 0.3) is 5.89 Å². The molecular weight excluding hydrogens is 458 g/mol. The molecule has 34 heavy (non-hydrogen) atoms. The molecule has 1 atom stereocenters. The molecule has 2 heterocycles. The number of rotatable bonds is 6. The van der Waals surface area contributed by atoms with Gasteiger partial charge in [0.05, 0.1) is 5.56 Å². The summed E-state index contributed by atoms with van der Waals surface area (Å²) >= 11 is 0. The average Bonchev–Trinajstić information content (AvgIpc) is 3.40. The number of benzene rings is 2. The van der Waals surface area contributed by atoms with Crippen LogP contribution in [0.25, 0.3) is 22.8 Å². The second-order valence-electron chi connectivity index (χ2n) is 8.34. The SMILES string of the molecule is N#Cc1cc(-c2nc(-c3cccc4c3CC[C@@H]4NS(=O)(=O)CC(=O)N3CCC3)no2)ccc1O. The van der Waals surface area contributed by atoms with Crippen molar-refractivity contribution in [3.05, 3.63) is 53.1 Å². The molecule has 0 spiro atoms. The molecule has 10 nitrogen and oxygen atoms in total. The second kappa shape index (κ2) is 8.55. The van der Waals surface area contributed by atoms with Gasteiger partial charge in [0.15, 0.2) is 0 Å². The first-order chi connectivity index (χ1) is 16.3. The van der Waals surface area contributed by atoms with Crippen molar-refractivity contribution in [2.45, 2.75) is 25.3 Å². The normalized spacial score (nSPS) is 17.1. The monoisotopic (exact) mass is 479 g/mol. The Bertz CT molecular complexity index is 1420. The van der Waals surface area contributed by atoms with Crippen molar-refractivity contribution in [2.75, 3.05) is 18.8 Å². The van der Waals surface area contributed by atoms with Crippen molar-refractivity contribution >= 4 is 15.9 Å². The highest BCUT2D eigenvalue weighted by Crippen LogP contribution is 2.38. The van der Waals surface area contributed by atoms with Crippen LogP contribution in [0.15, 0.2) is 40.9 Å². The number of hydrogen-bond donors (Lipinski definition) is 2. The molecule has 1 aliphatic heterocycles. The molecule has 1 aliphatic carbocycles. The van der Waals surface area contributed by atoms with E-state index in [9.17, 15) is 18.3 Å². The molecule has 11 heteroatoms. The van der Waals surface area contributed by atoms with E-state index < -0.39 is 21.8 Å². The van der Waals surface area contributed by atoms with Crippen LogP contribution in [0.4, 0.5) is 0 Å². The molecule has 0 saturated carbocycles. The lowest BCUT2D eigenvalue weighted by molar-refractivity contribution is -0.131. The lowest BCUT2D eigenvalue weighted by Crippen LogP contribution is -2.46. The summed E-state index contributed by atoms with van der Waals surface area (Å²) < 4.78 is 33.3. The highest BCUT2D eigenvalue weighted by atomic mass is 32.2. The zero-order valence-electron chi connectivity index (χ0n) is 18.1. The number of fused-ring (bicyclic) bond motifs is 1. The van der Waals surface area contributed by atoms with Crippen molar-refractivity contribution < 1.29 is 22.8 Å². The Morgan fingerprint density at radius 2 is 2.12 bits per heavy atom. The summed E-state index contributed by atoms with van der Waals surface area (Å²) in [6.07, 6.45) is 2.07. The zero-order chi connectivity index (χ0) is 23.9. The van der Waals surface area contributed by atoms with Crippen LogP contribution in [0.1, 0.15) is 35.6 Å². The number of carbonyl (C=O) groups excluding carboxylic acids is 1. The number of phenols is 1. The summed E-state index contributed by atoms with van der Waals surface area (Å²) in [4.78, 5) is 18.1. The number of nitriles is 1. The van der Waals surface area contributed by atoms with Gasteiger partial charge in [-0.05, 0) is 48.6 Å². The minimum atomic E-state index is -3.79. The molecule has 1 fully saturated rings. The van der Waals surface area contributed by atoms with Crippen LogP contribution >= 0.6 is 0 Å². The van der Waals surface area contributed by atoms with Gasteiger partial charge in [-0.25, -0.2) is 13.1 Å². The first kappa shape index (κ1) is 22.1. The maximum absolute atomic E-state index is 12.6. The van der Waals surface area contributed by atoms with E-state index in [2.05, 4.69) is 14.9 Å². The Balaban J connectivity index is 1.38. The number of amides is 1. The van der Waals surface area contributed by atoms with Crippen molar-refractivity contribution in [2.24, 2.45) is 0 Å². The van der Waals surface area contributed by atoms with E-state index in [1.54, 1.807) is 17.0 Å². The molecule has 1 amide bonds. The number of phenolic OH excluding ortho intramolecular Hbond substituents is 1. The molecule has 0 unspecified atom stereocenters. The molecule has 0 radical (unpaired) electrons. The second-order valence-corrected chi connectivity index (χ2v) is 10.1. The van der Waals surface area contributed by atoms with Crippen LogP contribution < -0.4 is 4.72 Å². The largest absolute Gasteiger partial charge is 0.507 e. The molecule has 0 bridgehead atoms. The van der Waals surface area contributed by atoms with Gasteiger partial charge in [0.1, 0.15) is 17.6 Å². The van der Waals surface area contributed by atoms with E-state index in [0.717, 1.165) is 23.1 Å². The van der Waals surface area contributed by atoms with E-state index in [1.165, 1.54) is 12.1 Å². The number of nitrogens with zero attached hydrogens (tertiary/aromatic N) is 4. The minimum Gasteiger partial charge on any atom is -0.507 e. The molecule has 1 aromatic heterocycles. The highest BCUT2D eigenvalue weighted by Gasteiger charge is 2.32. The topological polar surface area (TPSA) is 149 Å². The van der Waals surface area contributed by atoms with Crippen LogP contribution in [0.3, 0.4) is 0 Å². The number of aromatic hydroxyl groups is 1. The lowest BCUT2D eigenvalue weighted by atomic mass is 10.0. The molecule has 3 aromatic rings. The van der Waals surface area contributed by atoms with Crippen molar-refractivity contribution in [1.82, 2.24) is 19.8 Å². The van der Waals surface area contributed by atoms with Gasteiger partial charge in [0, 0.05) is 30.3 Å². The Morgan fingerprint density at radius 1 is 1.29 bits per heavy atom. The van der Waals surface area contributed by atoms with Gasteiger partial charge in [-0.1, -0.05) is 23.4 Å². The lowest BCUT2D eigenvalue weighted by Gasteiger charge is -2.30. The predicted molar refractivity (Wildman–Crippen MR) is 121 cm³/mol. The summed E-state index contributed by atoms with van der Waals surface area (Å²) in [5.41, 5.74) is 3.06. The quantitative estimate of drug-likeness (QED) is 0.546. The van der Waals surface area contributed by atoms with Crippen molar-refractivity contribution in [1.29, 1.82) is 5.26 Å². The summed E-state index contributed by atoms with van der Waals surface area (Å²) in [6, 6.07) is 11.4.